The van der Waals surface area contributed by atoms with E-state index in [1.165, 1.54) is 5.56 Å². The number of nitrogens with one attached hydrogen (secondary N) is 2. The molecule has 6 nitrogen and oxygen atoms in total. The SMILES string of the molecule is Cc1ccc(CNC(=O)C(=O)NCCCCN2CCOC(c3ccccc3)C2)cc1. The standard InChI is InChI=1S/C24H31N3O3/c1-19-9-11-20(12-10-19)17-26-24(29)23(28)25-13-5-6-14-27-15-16-30-22(18-27)21-7-3-2-4-8-21/h2-4,7-12,22H,5-6,13-18H2,1H3,(H,25,28)(H,26,29). The van der Waals surface area contributed by atoms with Crippen molar-refractivity contribution in [2.24, 2.45) is 0 Å². The molecule has 1 saturated heterocycles. The molecule has 0 aromatic heterocycles. The van der Waals surface area contributed by atoms with Crippen molar-refractivity contribution >= 4 is 11.8 Å². The molecule has 2 aromatic carbocycles. The van der Waals surface area contributed by atoms with Gasteiger partial charge in [-0.3, -0.25) is 14.5 Å². The third kappa shape index (κ3) is 6.97. The van der Waals surface area contributed by atoms with Gasteiger partial charge in [-0.15, -0.1) is 0 Å². The van der Waals surface area contributed by atoms with E-state index in [-0.39, 0.29) is 6.10 Å². The summed E-state index contributed by atoms with van der Waals surface area (Å²) in [7, 11) is 0. The zero-order valence-corrected chi connectivity index (χ0v) is 17.6. The van der Waals surface area contributed by atoms with Crippen molar-refractivity contribution in [1.29, 1.82) is 0 Å². The average Bonchev–Trinajstić information content (AvgIpc) is 2.79. The van der Waals surface area contributed by atoms with Crippen LogP contribution in [0.5, 0.6) is 0 Å². The fraction of sp³-hybridized carbons (Fsp3) is 0.417. The molecule has 0 aliphatic carbocycles. The van der Waals surface area contributed by atoms with E-state index in [9.17, 15) is 9.59 Å². The van der Waals surface area contributed by atoms with Crippen LogP contribution < -0.4 is 10.6 Å². The molecular weight excluding hydrogens is 378 g/mol. The Kier molecular flexibility index (Phi) is 8.41. The zero-order chi connectivity index (χ0) is 21.2. The average molecular weight is 410 g/mol. The van der Waals surface area contributed by atoms with Gasteiger partial charge in [0.15, 0.2) is 0 Å². The first-order valence-corrected chi connectivity index (χ1v) is 10.6. The van der Waals surface area contributed by atoms with Crippen molar-refractivity contribution in [1.82, 2.24) is 15.5 Å². The van der Waals surface area contributed by atoms with E-state index < -0.39 is 11.8 Å². The highest BCUT2D eigenvalue weighted by Gasteiger charge is 2.21. The van der Waals surface area contributed by atoms with Gasteiger partial charge in [-0.25, -0.2) is 0 Å². The highest BCUT2D eigenvalue weighted by Crippen LogP contribution is 2.21. The molecule has 30 heavy (non-hydrogen) atoms. The second-order valence-corrected chi connectivity index (χ2v) is 7.70. The predicted octanol–water partition coefficient (Wildman–Crippen LogP) is 2.58. The van der Waals surface area contributed by atoms with Gasteiger partial charge >= 0.3 is 11.8 Å². The highest BCUT2D eigenvalue weighted by atomic mass is 16.5. The van der Waals surface area contributed by atoms with Gasteiger partial charge in [0.25, 0.3) is 0 Å². The molecule has 0 spiro atoms. The monoisotopic (exact) mass is 409 g/mol. The van der Waals surface area contributed by atoms with Crippen LogP contribution >= 0.6 is 0 Å². The van der Waals surface area contributed by atoms with Gasteiger partial charge in [-0.2, -0.15) is 0 Å². The van der Waals surface area contributed by atoms with Gasteiger partial charge in [0.2, 0.25) is 0 Å². The summed E-state index contributed by atoms with van der Waals surface area (Å²) in [6, 6.07) is 18.2. The lowest BCUT2D eigenvalue weighted by Gasteiger charge is -2.33. The molecule has 1 aliphatic rings. The van der Waals surface area contributed by atoms with E-state index in [0.717, 1.165) is 50.2 Å². The van der Waals surface area contributed by atoms with Crippen molar-refractivity contribution in [3.8, 4) is 0 Å². The largest absolute Gasteiger partial charge is 0.371 e. The van der Waals surface area contributed by atoms with E-state index in [1.54, 1.807) is 0 Å². The molecule has 1 aliphatic heterocycles. The summed E-state index contributed by atoms with van der Waals surface area (Å²) < 4.78 is 5.90. The molecule has 2 N–H and O–H groups in total. The molecule has 1 atom stereocenters. The molecular formula is C24H31N3O3. The smallest absolute Gasteiger partial charge is 0.309 e. The van der Waals surface area contributed by atoms with Crippen molar-refractivity contribution in [2.45, 2.75) is 32.4 Å². The lowest BCUT2D eigenvalue weighted by molar-refractivity contribution is -0.139. The lowest BCUT2D eigenvalue weighted by atomic mass is 10.1. The van der Waals surface area contributed by atoms with Crippen LogP contribution in [0.25, 0.3) is 0 Å². The summed E-state index contributed by atoms with van der Waals surface area (Å²) in [6.07, 6.45) is 1.92. The molecule has 0 saturated carbocycles. The maximum absolute atomic E-state index is 11.9. The Balaban J connectivity index is 1.28. The summed E-state index contributed by atoms with van der Waals surface area (Å²) in [5.41, 5.74) is 3.35. The molecule has 1 fully saturated rings. The summed E-state index contributed by atoms with van der Waals surface area (Å²) in [5, 5.41) is 5.36. The third-order valence-electron chi connectivity index (χ3n) is 5.29. The second kappa shape index (κ2) is 11.5. The van der Waals surface area contributed by atoms with E-state index in [4.69, 9.17) is 4.74 Å². The molecule has 0 bridgehead atoms. The Hall–Kier alpha value is -2.70. The minimum atomic E-state index is -0.588. The van der Waals surface area contributed by atoms with Gasteiger partial charge in [-0.05, 0) is 37.4 Å². The molecule has 2 amide bonds. The fourth-order valence-electron chi connectivity index (χ4n) is 3.49. The minimum absolute atomic E-state index is 0.122. The molecule has 1 unspecified atom stereocenters. The number of benzene rings is 2. The Morgan fingerprint density at radius 1 is 1.00 bits per heavy atom. The van der Waals surface area contributed by atoms with Gasteiger partial charge in [0.05, 0.1) is 12.7 Å². The number of morpholine rings is 1. The fourth-order valence-corrected chi connectivity index (χ4v) is 3.49. The quantitative estimate of drug-likeness (QED) is 0.519. The van der Waals surface area contributed by atoms with E-state index >= 15 is 0 Å². The number of carbonyl (C=O) groups excluding carboxylic acids is 2. The first-order chi connectivity index (χ1) is 14.6. The first-order valence-electron chi connectivity index (χ1n) is 10.6. The molecule has 2 aromatic rings. The molecule has 0 radical (unpaired) electrons. The highest BCUT2D eigenvalue weighted by molar-refractivity contribution is 6.35. The Morgan fingerprint density at radius 3 is 2.50 bits per heavy atom. The third-order valence-corrected chi connectivity index (χ3v) is 5.29. The van der Waals surface area contributed by atoms with E-state index in [0.29, 0.717) is 13.1 Å². The van der Waals surface area contributed by atoms with Gasteiger partial charge in [0, 0.05) is 26.2 Å². The van der Waals surface area contributed by atoms with Crippen LogP contribution in [-0.2, 0) is 20.9 Å². The number of hydrogen-bond acceptors (Lipinski definition) is 4. The predicted molar refractivity (Wildman–Crippen MR) is 117 cm³/mol. The summed E-state index contributed by atoms with van der Waals surface area (Å²) in [4.78, 5) is 26.3. The van der Waals surface area contributed by atoms with Gasteiger partial charge < -0.3 is 15.4 Å². The van der Waals surface area contributed by atoms with Crippen LogP contribution in [0.2, 0.25) is 0 Å². The van der Waals surface area contributed by atoms with Crippen LogP contribution in [0.1, 0.15) is 35.6 Å². The van der Waals surface area contributed by atoms with Crippen molar-refractivity contribution in [3.63, 3.8) is 0 Å². The molecule has 6 heteroatoms. The summed E-state index contributed by atoms with van der Waals surface area (Å²) in [5.74, 6) is -1.16. The maximum Gasteiger partial charge on any atom is 0.309 e. The van der Waals surface area contributed by atoms with E-state index in [2.05, 4.69) is 27.7 Å². The number of unbranched alkanes of at least 4 members (excludes halogenated alkanes) is 1. The van der Waals surface area contributed by atoms with Crippen LogP contribution in [0, 0.1) is 6.92 Å². The van der Waals surface area contributed by atoms with Crippen LogP contribution in [0.3, 0.4) is 0 Å². The number of carbonyl (C=O) groups is 2. The number of rotatable bonds is 8. The first kappa shape index (κ1) is 22.0. The normalized spacial score (nSPS) is 16.8. The number of ether oxygens (including phenoxy) is 1. The minimum Gasteiger partial charge on any atom is -0.371 e. The lowest BCUT2D eigenvalue weighted by Crippen LogP contribution is -2.40. The Labute approximate surface area is 178 Å². The molecule has 160 valence electrons. The Morgan fingerprint density at radius 2 is 1.73 bits per heavy atom. The van der Waals surface area contributed by atoms with Gasteiger partial charge in [-0.1, -0.05) is 60.2 Å². The van der Waals surface area contributed by atoms with Crippen molar-refractivity contribution in [2.75, 3.05) is 32.8 Å². The summed E-state index contributed by atoms with van der Waals surface area (Å²) in [6.45, 7) is 6.38. The van der Waals surface area contributed by atoms with Crippen molar-refractivity contribution in [3.05, 3.63) is 71.3 Å². The van der Waals surface area contributed by atoms with Crippen LogP contribution in [0.4, 0.5) is 0 Å². The second-order valence-electron chi connectivity index (χ2n) is 7.70. The van der Waals surface area contributed by atoms with Gasteiger partial charge in [0.1, 0.15) is 0 Å². The zero-order valence-electron chi connectivity index (χ0n) is 17.6. The molecule has 1 heterocycles. The van der Waals surface area contributed by atoms with Crippen molar-refractivity contribution < 1.29 is 14.3 Å². The number of nitrogens with zero attached hydrogens (tertiary/aromatic N) is 1. The number of aryl methyl sites for hydroxylation is 1. The maximum atomic E-state index is 11.9. The molecule has 3 rings (SSSR count). The van der Waals surface area contributed by atoms with E-state index in [1.807, 2.05) is 49.4 Å². The topological polar surface area (TPSA) is 70.7 Å². The Bertz CT molecular complexity index is 808. The number of amides is 2. The number of hydrogen-bond donors (Lipinski definition) is 2. The van der Waals surface area contributed by atoms with Crippen LogP contribution in [0.15, 0.2) is 54.6 Å². The summed E-state index contributed by atoms with van der Waals surface area (Å²) >= 11 is 0. The van der Waals surface area contributed by atoms with Crippen LogP contribution in [-0.4, -0.2) is 49.5 Å².